The van der Waals surface area contributed by atoms with Crippen molar-refractivity contribution in [3.63, 3.8) is 0 Å². The molecule has 0 aliphatic carbocycles. The molecule has 0 aliphatic rings. The van der Waals surface area contributed by atoms with Crippen LogP contribution < -0.4 is 10.6 Å². The van der Waals surface area contributed by atoms with Gasteiger partial charge in [-0.2, -0.15) is 0 Å². The monoisotopic (exact) mass is 228 g/mol. The highest BCUT2D eigenvalue weighted by molar-refractivity contribution is 5.95. The SMILES string of the molecule is Cc1cc(C(=N)N)cc(N(C)CC(F)F)n1. The van der Waals surface area contributed by atoms with Crippen LogP contribution in [-0.4, -0.2) is 30.8 Å². The van der Waals surface area contributed by atoms with E-state index in [-0.39, 0.29) is 5.84 Å². The van der Waals surface area contributed by atoms with E-state index in [1.165, 1.54) is 18.0 Å². The Balaban J connectivity index is 3.00. The fourth-order valence-electron chi connectivity index (χ4n) is 1.30. The average Bonchev–Trinajstić information content (AvgIpc) is 2.15. The van der Waals surface area contributed by atoms with Gasteiger partial charge >= 0.3 is 0 Å². The van der Waals surface area contributed by atoms with Crippen molar-refractivity contribution in [2.45, 2.75) is 13.3 Å². The number of hydrogen-bond acceptors (Lipinski definition) is 3. The van der Waals surface area contributed by atoms with Gasteiger partial charge in [-0.3, -0.25) is 5.41 Å². The van der Waals surface area contributed by atoms with Gasteiger partial charge < -0.3 is 10.6 Å². The maximum atomic E-state index is 12.2. The lowest BCUT2D eigenvalue weighted by atomic mass is 10.2. The first kappa shape index (κ1) is 12.4. The van der Waals surface area contributed by atoms with Crippen molar-refractivity contribution in [2.24, 2.45) is 5.73 Å². The molecule has 0 radical (unpaired) electrons. The van der Waals surface area contributed by atoms with Crippen molar-refractivity contribution in [1.82, 2.24) is 4.98 Å². The van der Waals surface area contributed by atoms with Gasteiger partial charge in [0.25, 0.3) is 6.43 Å². The highest BCUT2D eigenvalue weighted by Gasteiger charge is 2.11. The number of halogens is 2. The van der Waals surface area contributed by atoms with E-state index >= 15 is 0 Å². The van der Waals surface area contributed by atoms with E-state index in [1.807, 2.05) is 0 Å². The summed E-state index contributed by atoms with van der Waals surface area (Å²) >= 11 is 0. The lowest BCUT2D eigenvalue weighted by molar-refractivity contribution is 0.156. The number of anilines is 1. The molecule has 1 aromatic heterocycles. The van der Waals surface area contributed by atoms with Gasteiger partial charge in [-0.1, -0.05) is 0 Å². The number of amidine groups is 1. The number of pyridine rings is 1. The van der Waals surface area contributed by atoms with Crippen LogP contribution in [-0.2, 0) is 0 Å². The zero-order valence-corrected chi connectivity index (χ0v) is 9.17. The first-order valence-corrected chi connectivity index (χ1v) is 4.72. The quantitative estimate of drug-likeness (QED) is 0.604. The summed E-state index contributed by atoms with van der Waals surface area (Å²) in [4.78, 5) is 5.45. The molecule has 0 saturated carbocycles. The predicted molar refractivity (Wildman–Crippen MR) is 59.3 cm³/mol. The number of nitrogens with one attached hydrogen (secondary N) is 1. The summed E-state index contributed by atoms with van der Waals surface area (Å²) in [6.07, 6.45) is -2.42. The molecule has 4 nitrogen and oxygen atoms in total. The molecule has 0 aliphatic heterocycles. The molecule has 0 fully saturated rings. The highest BCUT2D eigenvalue weighted by atomic mass is 19.3. The molecule has 0 bridgehead atoms. The normalized spacial score (nSPS) is 10.6. The summed E-state index contributed by atoms with van der Waals surface area (Å²) < 4.78 is 24.4. The second-order valence-electron chi connectivity index (χ2n) is 3.54. The number of nitrogens with two attached hydrogens (primary N) is 1. The van der Waals surface area contributed by atoms with E-state index in [4.69, 9.17) is 11.1 Å². The lowest BCUT2D eigenvalue weighted by Gasteiger charge is -2.18. The standard InChI is InChI=1S/C10H14F2N4/c1-6-3-7(10(13)14)4-9(15-6)16(2)5-8(11)12/h3-4,8H,5H2,1-2H3,(H3,13,14). The van der Waals surface area contributed by atoms with Gasteiger partial charge in [-0.05, 0) is 19.1 Å². The van der Waals surface area contributed by atoms with Gasteiger partial charge in [-0.15, -0.1) is 0 Å². The molecule has 0 unspecified atom stereocenters. The maximum absolute atomic E-state index is 12.2. The summed E-state index contributed by atoms with van der Waals surface area (Å²) in [5, 5.41) is 7.29. The first-order chi connectivity index (χ1) is 7.40. The number of hydrogen-bond donors (Lipinski definition) is 2. The Morgan fingerprint density at radius 3 is 2.69 bits per heavy atom. The van der Waals surface area contributed by atoms with Crippen molar-refractivity contribution in [2.75, 3.05) is 18.5 Å². The van der Waals surface area contributed by atoms with Crippen LogP contribution >= 0.6 is 0 Å². The van der Waals surface area contributed by atoms with Crippen LogP contribution in [0.5, 0.6) is 0 Å². The van der Waals surface area contributed by atoms with E-state index in [9.17, 15) is 8.78 Å². The number of alkyl halides is 2. The number of nitrogen functional groups attached to an aromatic ring is 1. The molecule has 0 amide bonds. The number of rotatable bonds is 4. The van der Waals surface area contributed by atoms with E-state index in [0.29, 0.717) is 17.1 Å². The van der Waals surface area contributed by atoms with Crippen LogP contribution in [0.2, 0.25) is 0 Å². The van der Waals surface area contributed by atoms with Crippen LogP contribution in [0.25, 0.3) is 0 Å². The Labute approximate surface area is 92.6 Å². The van der Waals surface area contributed by atoms with Crippen LogP contribution in [0.15, 0.2) is 12.1 Å². The molecule has 0 aromatic carbocycles. The van der Waals surface area contributed by atoms with Gasteiger partial charge in [0.1, 0.15) is 11.7 Å². The second kappa shape index (κ2) is 4.87. The van der Waals surface area contributed by atoms with Crippen LogP contribution in [0.1, 0.15) is 11.3 Å². The third-order valence-electron chi connectivity index (χ3n) is 2.05. The topological polar surface area (TPSA) is 66.0 Å². The Morgan fingerprint density at radius 1 is 1.56 bits per heavy atom. The van der Waals surface area contributed by atoms with Crippen LogP contribution in [0.3, 0.4) is 0 Å². The average molecular weight is 228 g/mol. The van der Waals surface area contributed by atoms with Gasteiger partial charge in [0.2, 0.25) is 0 Å². The van der Waals surface area contributed by atoms with Crippen molar-refractivity contribution >= 4 is 11.7 Å². The zero-order valence-electron chi connectivity index (χ0n) is 9.17. The summed E-state index contributed by atoms with van der Waals surface area (Å²) in [6.45, 7) is 1.33. The van der Waals surface area contributed by atoms with E-state index in [2.05, 4.69) is 4.98 Å². The van der Waals surface area contributed by atoms with Gasteiger partial charge in [-0.25, -0.2) is 13.8 Å². The lowest BCUT2D eigenvalue weighted by Crippen LogP contribution is -2.25. The third kappa shape index (κ3) is 3.15. The van der Waals surface area contributed by atoms with Crippen molar-refractivity contribution in [3.8, 4) is 0 Å². The van der Waals surface area contributed by atoms with E-state index in [1.54, 1.807) is 13.0 Å². The van der Waals surface area contributed by atoms with Crippen molar-refractivity contribution in [3.05, 3.63) is 23.4 Å². The van der Waals surface area contributed by atoms with Crippen LogP contribution in [0, 0.1) is 12.3 Å². The Bertz CT molecular complexity index is 392. The number of aromatic nitrogens is 1. The zero-order chi connectivity index (χ0) is 12.3. The molecular weight excluding hydrogens is 214 g/mol. The molecule has 0 spiro atoms. The molecule has 6 heteroatoms. The van der Waals surface area contributed by atoms with Crippen molar-refractivity contribution < 1.29 is 8.78 Å². The molecule has 88 valence electrons. The molecule has 1 aromatic rings. The van der Waals surface area contributed by atoms with Gasteiger partial charge in [0.05, 0.1) is 6.54 Å². The van der Waals surface area contributed by atoms with Gasteiger partial charge in [0, 0.05) is 18.3 Å². The minimum atomic E-state index is -2.42. The molecular formula is C10H14F2N4. The molecule has 16 heavy (non-hydrogen) atoms. The summed E-state index contributed by atoms with van der Waals surface area (Å²) in [6, 6.07) is 3.17. The predicted octanol–water partition coefficient (Wildman–Crippen LogP) is 1.38. The Hall–Kier alpha value is -1.72. The molecule has 1 rings (SSSR count). The smallest absolute Gasteiger partial charge is 0.255 e. The fourth-order valence-corrected chi connectivity index (χ4v) is 1.30. The molecule has 0 atom stereocenters. The molecule has 3 N–H and O–H groups in total. The van der Waals surface area contributed by atoms with E-state index < -0.39 is 13.0 Å². The fraction of sp³-hybridized carbons (Fsp3) is 0.400. The van der Waals surface area contributed by atoms with Gasteiger partial charge in [0.15, 0.2) is 0 Å². The second-order valence-corrected chi connectivity index (χ2v) is 3.54. The van der Waals surface area contributed by atoms with E-state index in [0.717, 1.165) is 0 Å². The molecule has 0 saturated heterocycles. The first-order valence-electron chi connectivity index (χ1n) is 4.72. The largest absolute Gasteiger partial charge is 0.384 e. The number of nitrogens with zero attached hydrogens (tertiary/aromatic N) is 2. The molecule has 1 heterocycles. The maximum Gasteiger partial charge on any atom is 0.255 e. The summed E-state index contributed by atoms with van der Waals surface area (Å²) in [5.74, 6) is 0.294. The minimum absolute atomic E-state index is 0.0998. The minimum Gasteiger partial charge on any atom is -0.384 e. The Kier molecular flexibility index (Phi) is 3.76. The summed E-state index contributed by atoms with van der Waals surface area (Å²) in [5.41, 5.74) is 6.47. The third-order valence-corrected chi connectivity index (χ3v) is 2.05. The summed E-state index contributed by atoms with van der Waals surface area (Å²) in [7, 11) is 1.53. The van der Waals surface area contributed by atoms with Crippen LogP contribution in [0.4, 0.5) is 14.6 Å². The number of aryl methyl sites for hydroxylation is 1. The highest BCUT2D eigenvalue weighted by Crippen LogP contribution is 2.14. The Morgan fingerprint density at radius 2 is 2.19 bits per heavy atom. The van der Waals surface area contributed by atoms with Crippen molar-refractivity contribution in [1.29, 1.82) is 5.41 Å².